The summed E-state index contributed by atoms with van der Waals surface area (Å²) in [6.45, 7) is 5.26. The molecule has 4 rings (SSSR count). The van der Waals surface area contributed by atoms with E-state index < -0.39 is 29.8 Å². The Morgan fingerprint density at radius 3 is 2.61 bits per heavy atom. The Kier molecular flexibility index (Phi) is 6.57. The van der Waals surface area contributed by atoms with Crippen molar-refractivity contribution in [3.05, 3.63) is 33.5 Å². The lowest BCUT2D eigenvalue weighted by molar-refractivity contribution is -0.141. The van der Waals surface area contributed by atoms with Crippen molar-refractivity contribution in [1.82, 2.24) is 9.78 Å². The van der Waals surface area contributed by atoms with Crippen LogP contribution in [0.15, 0.2) is 6.07 Å². The summed E-state index contributed by atoms with van der Waals surface area (Å²) in [6, 6.07) is 0.0782. The third-order valence-electron chi connectivity index (χ3n) is 6.29. The summed E-state index contributed by atoms with van der Waals surface area (Å²) in [5.41, 5.74) is 0.731. The van der Waals surface area contributed by atoms with Crippen LogP contribution in [0.3, 0.4) is 0 Å². The van der Waals surface area contributed by atoms with E-state index in [9.17, 15) is 22.8 Å². The van der Waals surface area contributed by atoms with Gasteiger partial charge in [0.15, 0.2) is 5.69 Å². The quantitative estimate of drug-likeness (QED) is 0.500. The molecule has 2 aliphatic carbocycles. The van der Waals surface area contributed by atoms with Gasteiger partial charge < -0.3 is 10.1 Å². The van der Waals surface area contributed by atoms with Gasteiger partial charge in [-0.25, -0.2) is 4.79 Å². The van der Waals surface area contributed by atoms with Crippen LogP contribution in [0.4, 0.5) is 18.2 Å². The molecule has 1 N–H and O–H groups in total. The second-order valence-electron chi connectivity index (χ2n) is 8.88. The Morgan fingerprint density at radius 1 is 1.27 bits per heavy atom. The smallest absolute Gasteiger partial charge is 0.435 e. The van der Waals surface area contributed by atoms with Gasteiger partial charge in [0.1, 0.15) is 11.0 Å². The average molecular weight is 484 g/mol. The number of aryl methyl sites for hydroxylation is 1. The summed E-state index contributed by atoms with van der Waals surface area (Å²) in [4.78, 5) is 27.1. The van der Waals surface area contributed by atoms with Crippen molar-refractivity contribution in [1.29, 1.82) is 0 Å². The number of esters is 1. The average Bonchev–Trinajstić information content (AvgIpc) is 3.39. The van der Waals surface area contributed by atoms with Crippen molar-refractivity contribution >= 4 is 28.2 Å². The predicted octanol–water partition coefficient (Wildman–Crippen LogP) is 5.87. The second kappa shape index (κ2) is 9.12. The molecule has 0 aliphatic heterocycles. The highest BCUT2D eigenvalue weighted by atomic mass is 32.1. The zero-order chi connectivity index (χ0) is 23.9. The van der Waals surface area contributed by atoms with Gasteiger partial charge in [0.25, 0.3) is 0 Å². The van der Waals surface area contributed by atoms with Crippen LogP contribution in [0.2, 0.25) is 0 Å². The minimum Gasteiger partial charge on any atom is -0.459 e. The maximum Gasteiger partial charge on any atom is 0.435 e. The number of nitrogens with zero attached hydrogens (tertiary/aromatic N) is 2. The van der Waals surface area contributed by atoms with E-state index in [4.69, 9.17) is 4.74 Å². The van der Waals surface area contributed by atoms with Crippen LogP contribution >= 0.6 is 11.3 Å². The van der Waals surface area contributed by atoms with E-state index in [-0.39, 0.29) is 12.0 Å². The molecule has 0 spiro atoms. The number of nitrogens with one attached hydrogen (secondary N) is 1. The third kappa shape index (κ3) is 4.95. The Hall–Kier alpha value is -2.36. The van der Waals surface area contributed by atoms with E-state index in [1.54, 1.807) is 0 Å². The number of rotatable bonds is 7. The van der Waals surface area contributed by atoms with E-state index in [1.807, 2.05) is 13.8 Å². The molecule has 0 radical (unpaired) electrons. The van der Waals surface area contributed by atoms with Gasteiger partial charge in [0, 0.05) is 16.5 Å². The second-order valence-corrected chi connectivity index (χ2v) is 9.98. The first-order valence-electron chi connectivity index (χ1n) is 11.4. The van der Waals surface area contributed by atoms with Crippen molar-refractivity contribution in [3.63, 3.8) is 0 Å². The Bertz CT molecular complexity index is 1060. The monoisotopic (exact) mass is 483 g/mol. The fourth-order valence-corrected chi connectivity index (χ4v) is 5.34. The van der Waals surface area contributed by atoms with Crippen LogP contribution in [0.5, 0.6) is 0 Å². The van der Waals surface area contributed by atoms with Gasteiger partial charge in [-0.2, -0.15) is 18.3 Å². The number of aromatic nitrogens is 2. The lowest BCUT2D eigenvalue weighted by Gasteiger charge is -2.17. The topological polar surface area (TPSA) is 73.2 Å². The summed E-state index contributed by atoms with van der Waals surface area (Å²) in [5.74, 6) is -0.993. The van der Waals surface area contributed by atoms with E-state index in [1.165, 1.54) is 22.9 Å². The number of ether oxygens (including phenoxy) is 1. The van der Waals surface area contributed by atoms with Crippen molar-refractivity contribution < 1.29 is 27.5 Å². The number of anilines is 1. The largest absolute Gasteiger partial charge is 0.459 e. The highest BCUT2D eigenvalue weighted by Crippen LogP contribution is 2.43. The summed E-state index contributed by atoms with van der Waals surface area (Å²) >= 11 is 1.36. The van der Waals surface area contributed by atoms with Crippen LogP contribution in [0.25, 0.3) is 0 Å². The number of thiophene rings is 1. The lowest BCUT2D eigenvalue weighted by atomic mass is 9.95. The predicted molar refractivity (Wildman–Crippen MR) is 119 cm³/mol. The molecule has 2 atom stereocenters. The van der Waals surface area contributed by atoms with Crippen molar-refractivity contribution in [2.75, 3.05) is 5.32 Å². The molecule has 1 fully saturated rings. The highest BCUT2D eigenvalue weighted by molar-refractivity contribution is 7.17. The zero-order valence-corrected chi connectivity index (χ0v) is 19.7. The molecule has 1 saturated carbocycles. The SMILES string of the molecule is CCC(C)OC(=O)c1c(NC(=O)C(C)n2nc(C(F)(F)F)cc2C2CC2)sc2c1CCCC2. The number of amides is 1. The van der Waals surface area contributed by atoms with Crippen molar-refractivity contribution in [2.45, 2.75) is 90.0 Å². The molecule has 0 aromatic carbocycles. The van der Waals surface area contributed by atoms with Crippen LogP contribution in [0, 0.1) is 0 Å². The number of hydrogen-bond acceptors (Lipinski definition) is 5. The molecular formula is C23H28F3N3O3S. The first-order valence-corrected chi connectivity index (χ1v) is 12.2. The van der Waals surface area contributed by atoms with Crippen LogP contribution in [-0.2, 0) is 28.5 Å². The van der Waals surface area contributed by atoms with Crippen molar-refractivity contribution in [3.8, 4) is 0 Å². The minimum atomic E-state index is -4.58. The fraction of sp³-hybridized carbons (Fsp3) is 0.609. The van der Waals surface area contributed by atoms with Gasteiger partial charge in [-0.3, -0.25) is 9.48 Å². The van der Waals surface area contributed by atoms with Gasteiger partial charge in [-0.05, 0) is 70.4 Å². The molecule has 2 aromatic rings. The van der Waals surface area contributed by atoms with E-state index in [0.29, 0.717) is 22.7 Å². The first kappa shape index (κ1) is 23.8. The first-order chi connectivity index (χ1) is 15.6. The normalized spacial score (nSPS) is 17.9. The fourth-order valence-electron chi connectivity index (χ4n) is 4.06. The molecular weight excluding hydrogens is 455 g/mol. The number of alkyl halides is 3. The zero-order valence-electron chi connectivity index (χ0n) is 18.9. The van der Waals surface area contributed by atoms with Crippen LogP contribution in [0.1, 0.15) is 97.0 Å². The van der Waals surface area contributed by atoms with E-state index >= 15 is 0 Å². The summed E-state index contributed by atoms with van der Waals surface area (Å²) < 4.78 is 46.5. The molecule has 6 nitrogen and oxygen atoms in total. The lowest BCUT2D eigenvalue weighted by Crippen LogP contribution is -2.27. The number of halogens is 3. The Morgan fingerprint density at radius 2 is 1.97 bits per heavy atom. The summed E-state index contributed by atoms with van der Waals surface area (Å²) in [6.07, 6.45) is 0.917. The molecule has 2 unspecified atom stereocenters. The summed E-state index contributed by atoms with van der Waals surface area (Å²) in [5, 5.41) is 6.94. The molecule has 2 aliphatic rings. The molecule has 0 saturated heterocycles. The summed E-state index contributed by atoms with van der Waals surface area (Å²) in [7, 11) is 0. The maximum absolute atomic E-state index is 13.3. The Balaban J connectivity index is 1.62. The van der Waals surface area contributed by atoms with Gasteiger partial charge in [-0.1, -0.05) is 6.92 Å². The maximum atomic E-state index is 13.3. The molecule has 1 amide bonds. The number of hydrogen-bond donors (Lipinski definition) is 1. The van der Waals surface area contributed by atoms with Crippen molar-refractivity contribution in [2.24, 2.45) is 0 Å². The Labute approximate surface area is 194 Å². The van der Waals surface area contributed by atoms with E-state index in [2.05, 4.69) is 10.4 Å². The molecule has 0 bridgehead atoms. The molecule has 2 aromatic heterocycles. The van der Waals surface area contributed by atoms with Gasteiger partial charge in [0.2, 0.25) is 5.91 Å². The van der Waals surface area contributed by atoms with Gasteiger partial charge in [-0.15, -0.1) is 11.3 Å². The number of carbonyl (C=O) groups excluding carboxylic acids is 2. The highest BCUT2D eigenvalue weighted by Gasteiger charge is 2.39. The standard InChI is InChI=1S/C23H28F3N3O3S/c1-4-12(2)32-22(31)19-15-7-5-6-8-17(15)33-21(19)27-20(30)13(3)29-16(14-9-10-14)11-18(28-29)23(24,25)26/h11-14H,4-10H2,1-3H3,(H,27,30). The minimum absolute atomic E-state index is 0.0148. The van der Waals surface area contributed by atoms with Gasteiger partial charge >= 0.3 is 12.1 Å². The van der Waals surface area contributed by atoms with Crippen LogP contribution in [-0.4, -0.2) is 27.8 Å². The van der Waals surface area contributed by atoms with E-state index in [0.717, 1.165) is 55.0 Å². The van der Waals surface area contributed by atoms with Gasteiger partial charge in [0.05, 0.1) is 11.7 Å². The number of carbonyl (C=O) groups is 2. The molecule has 10 heteroatoms. The third-order valence-corrected chi connectivity index (χ3v) is 7.50. The van der Waals surface area contributed by atoms with Crippen LogP contribution < -0.4 is 5.32 Å². The molecule has 180 valence electrons. The number of fused-ring (bicyclic) bond motifs is 1. The molecule has 33 heavy (non-hydrogen) atoms. The molecule has 2 heterocycles.